The summed E-state index contributed by atoms with van der Waals surface area (Å²) in [6.07, 6.45) is 5.21. The van der Waals surface area contributed by atoms with Gasteiger partial charge < -0.3 is 4.74 Å². The maximum atomic E-state index is 13.7. The Balaban J connectivity index is 1.43. The van der Waals surface area contributed by atoms with E-state index in [4.69, 9.17) is 4.74 Å². The number of amides is 1. The molecule has 2 saturated heterocycles. The molecule has 0 saturated carbocycles. The van der Waals surface area contributed by atoms with Crippen LogP contribution in [0.4, 0.5) is 9.52 Å². The highest BCUT2D eigenvalue weighted by Gasteiger charge is 2.33. The van der Waals surface area contributed by atoms with Crippen LogP contribution in [0, 0.1) is 5.82 Å². The molecule has 0 aliphatic carbocycles. The first-order valence-corrected chi connectivity index (χ1v) is 14.7. The lowest BCUT2D eigenvalue weighted by molar-refractivity contribution is 0.0917. The maximum Gasteiger partial charge on any atom is 0.260 e. The average Bonchev–Trinajstić information content (AvgIpc) is 3.56. The molecule has 2 aromatic carbocycles. The highest BCUT2D eigenvalue weighted by molar-refractivity contribution is 7.89. The highest BCUT2D eigenvalue weighted by Crippen LogP contribution is 2.32. The van der Waals surface area contributed by atoms with Crippen LogP contribution in [0.1, 0.15) is 55.8 Å². The van der Waals surface area contributed by atoms with E-state index in [-0.39, 0.29) is 28.8 Å². The minimum atomic E-state index is -3.64. The van der Waals surface area contributed by atoms with Crippen molar-refractivity contribution in [3.8, 4) is 0 Å². The minimum Gasteiger partial charge on any atom is -0.376 e. The number of sulfonamides is 1. The topological polar surface area (TPSA) is 79.8 Å². The van der Waals surface area contributed by atoms with Crippen molar-refractivity contribution < 1.29 is 22.3 Å². The molecule has 5 rings (SSSR count). The molecule has 2 unspecified atom stereocenters. The van der Waals surface area contributed by atoms with Gasteiger partial charge in [0.2, 0.25) is 10.0 Å². The number of halogens is 1. The summed E-state index contributed by atoms with van der Waals surface area (Å²) < 4.78 is 48.4. The van der Waals surface area contributed by atoms with Crippen LogP contribution < -0.4 is 4.90 Å². The molecular weight excluding hydrogens is 501 g/mol. The molecule has 2 aliphatic heterocycles. The molecule has 3 aromatic rings. The number of benzene rings is 2. The number of thiazole rings is 1. The lowest BCUT2D eigenvalue weighted by Crippen LogP contribution is -2.43. The van der Waals surface area contributed by atoms with E-state index in [0.29, 0.717) is 40.6 Å². The quantitative estimate of drug-likeness (QED) is 0.418. The largest absolute Gasteiger partial charge is 0.376 e. The second-order valence-corrected chi connectivity index (χ2v) is 12.3. The zero-order valence-corrected chi connectivity index (χ0v) is 21.9. The Morgan fingerprint density at radius 3 is 2.69 bits per heavy atom. The predicted octanol–water partition coefficient (Wildman–Crippen LogP) is 5.21. The summed E-state index contributed by atoms with van der Waals surface area (Å²) in [6, 6.07) is 10.5. The van der Waals surface area contributed by atoms with Crippen LogP contribution in [0.15, 0.2) is 47.4 Å². The first-order chi connectivity index (χ1) is 17.4. The Hall–Kier alpha value is -2.40. The van der Waals surface area contributed by atoms with Gasteiger partial charge in [-0.2, -0.15) is 4.31 Å². The van der Waals surface area contributed by atoms with Gasteiger partial charge in [-0.15, -0.1) is 0 Å². The number of hydrogen-bond acceptors (Lipinski definition) is 6. The van der Waals surface area contributed by atoms with E-state index in [1.165, 1.54) is 35.6 Å². The molecule has 0 radical (unpaired) electrons. The summed E-state index contributed by atoms with van der Waals surface area (Å²) in [6.45, 7) is 3.51. The van der Waals surface area contributed by atoms with E-state index < -0.39 is 10.0 Å². The Labute approximate surface area is 214 Å². The van der Waals surface area contributed by atoms with Crippen LogP contribution in [0.25, 0.3) is 10.2 Å². The van der Waals surface area contributed by atoms with Gasteiger partial charge in [0, 0.05) is 24.8 Å². The lowest BCUT2D eigenvalue weighted by Gasteiger charge is -2.34. The van der Waals surface area contributed by atoms with Crippen molar-refractivity contribution in [1.82, 2.24) is 9.29 Å². The molecule has 1 amide bonds. The molecule has 36 heavy (non-hydrogen) atoms. The van der Waals surface area contributed by atoms with Crippen molar-refractivity contribution in [2.24, 2.45) is 0 Å². The number of carbonyl (C=O) groups is 1. The fourth-order valence-electron chi connectivity index (χ4n) is 5.00. The van der Waals surface area contributed by atoms with Crippen LogP contribution in [0.5, 0.6) is 0 Å². The molecule has 2 atom stereocenters. The molecule has 0 N–H and O–H groups in total. The van der Waals surface area contributed by atoms with Crippen molar-refractivity contribution in [1.29, 1.82) is 0 Å². The fourth-order valence-corrected chi connectivity index (χ4v) is 7.77. The number of hydrogen-bond donors (Lipinski definition) is 0. The van der Waals surface area contributed by atoms with Gasteiger partial charge in [-0.3, -0.25) is 9.69 Å². The highest BCUT2D eigenvalue weighted by atomic mass is 32.2. The summed E-state index contributed by atoms with van der Waals surface area (Å²) in [5, 5.41) is 0.465. The standard InChI is InChI=1S/C26H30FN3O4S2/c1-2-20-6-3-4-14-30(20)36(32,33)22-11-8-18(9-12-22)25(31)29(17-21-7-5-15-34-21)26-28-23-13-10-19(27)16-24(23)35-26/h8-13,16,20-21H,2-7,14-15,17H2,1H3. The second kappa shape index (κ2) is 10.5. The third-order valence-electron chi connectivity index (χ3n) is 6.98. The van der Waals surface area contributed by atoms with Gasteiger partial charge in [0.05, 0.1) is 27.8 Å². The zero-order valence-electron chi connectivity index (χ0n) is 20.2. The number of piperidine rings is 1. The van der Waals surface area contributed by atoms with Gasteiger partial charge in [-0.05, 0) is 74.6 Å². The van der Waals surface area contributed by atoms with Crippen molar-refractivity contribution in [2.75, 3.05) is 24.6 Å². The van der Waals surface area contributed by atoms with Crippen LogP contribution in [-0.2, 0) is 14.8 Å². The minimum absolute atomic E-state index is 0.0100. The number of ether oxygens (including phenoxy) is 1. The Morgan fingerprint density at radius 2 is 1.97 bits per heavy atom. The number of fused-ring (bicyclic) bond motifs is 1. The number of aromatic nitrogens is 1. The van der Waals surface area contributed by atoms with Crippen molar-refractivity contribution in [3.63, 3.8) is 0 Å². The molecule has 192 valence electrons. The molecule has 1 aromatic heterocycles. The van der Waals surface area contributed by atoms with Crippen LogP contribution in [0.3, 0.4) is 0 Å². The molecule has 7 nitrogen and oxygen atoms in total. The van der Waals surface area contributed by atoms with Crippen molar-refractivity contribution in [3.05, 3.63) is 53.8 Å². The third kappa shape index (κ3) is 5.04. The molecular formula is C26H30FN3O4S2. The van der Waals surface area contributed by atoms with Gasteiger partial charge in [-0.25, -0.2) is 17.8 Å². The summed E-state index contributed by atoms with van der Waals surface area (Å²) in [5.41, 5.74) is 0.984. The first kappa shape index (κ1) is 25.3. The van der Waals surface area contributed by atoms with Gasteiger partial charge in [0.25, 0.3) is 5.91 Å². The average molecular weight is 532 g/mol. The SMILES string of the molecule is CCC1CCCCN1S(=O)(=O)c1ccc(C(=O)N(CC2CCCO2)c2nc3ccc(F)cc3s2)cc1. The number of carbonyl (C=O) groups excluding carboxylic acids is 1. The Kier molecular flexibility index (Phi) is 7.39. The smallest absolute Gasteiger partial charge is 0.260 e. The fraction of sp³-hybridized carbons (Fsp3) is 0.462. The van der Waals surface area contributed by atoms with Crippen molar-refractivity contribution >= 4 is 42.6 Å². The van der Waals surface area contributed by atoms with Gasteiger partial charge in [-0.1, -0.05) is 24.7 Å². The van der Waals surface area contributed by atoms with Gasteiger partial charge in [0.15, 0.2) is 5.13 Å². The molecule has 0 bridgehead atoms. The van der Waals surface area contributed by atoms with Gasteiger partial charge >= 0.3 is 0 Å². The van der Waals surface area contributed by atoms with Crippen molar-refractivity contribution in [2.45, 2.75) is 62.5 Å². The van der Waals surface area contributed by atoms with E-state index in [1.54, 1.807) is 27.4 Å². The molecule has 3 heterocycles. The monoisotopic (exact) mass is 531 g/mol. The summed E-state index contributed by atoms with van der Waals surface area (Å²) >= 11 is 1.25. The van der Waals surface area contributed by atoms with E-state index in [0.717, 1.165) is 38.5 Å². The molecule has 0 spiro atoms. The van der Waals surface area contributed by atoms with Crippen LogP contribution in [-0.4, -0.2) is 55.5 Å². The molecule has 2 aliphatic rings. The Morgan fingerprint density at radius 1 is 1.17 bits per heavy atom. The van der Waals surface area contributed by atoms with E-state index >= 15 is 0 Å². The van der Waals surface area contributed by atoms with E-state index in [1.807, 2.05) is 6.92 Å². The zero-order chi connectivity index (χ0) is 25.3. The summed E-state index contributed by atoms with van der Waals surface area (Å²) in [5.74, 6) is -0.649. The van der Waals surface area contributed by atoms with E-state index in [9.17, 15) is 17.6 Å². The third-order valence-corrected chi connectivity index (χ3v) is 9.98. The number of rotatable bonds is 7. The maximum absolute atomic E-state index is 13.7. The first-order valence-electron chi connectivity index (χ1n) is 12.5. The van der Waals surface area contributed by atoms with Crippen LogP contribution >= 0.6 is 11.3 Å². The number of anilines is 1. The second-order valence-electron chi connectivity index (χ2n) is 9.36. The Bertz CT molecular complexity index is 1340. The molecule has 2 fully saturated rings. The summed E-state index contributed by atoms with van der Waals surface area (Å²) in [7, 11) is -3.64. The summed E-state index contributed by atoms with van der Waals surface area (Å²) in [4.78, 5) is 20.0. The molecule has 10 heteroatoms. The van der Waals surface area contributed by atoms with Gasteiger partial charge in [0.1, 0.15) is 5.82 Å². The van der Waals surface area contributed by atoms with E-state index in [2.05, 4.69) is 4.98 Å². The lowest BCUT2D eigenvalue weighted by atomic mass is 10.0. The normalized spacial score (nSPS) is 21.2. The predicted molar refractivity (Wildman–Crippen MR) is 138 cm³/mol. The van der Waals surface area contributed by atoms with Crippen LogP contribution in [0.2, 0.25) is 0 Å². The number of nitrogens with zero attached hydrogens (tertiary/aromatic N) is 3.